The maximum absolute atomic E-state index is 13.0. The second-order valence-electron chi connectivity index (χ2n) is 3.97. The summed E-state index contributed by atoms with van der Waals surface area (Å²) in [5.74, 6) is -1.21. The molecule has 1 aromatic rings. The van der Waals surface area contributed by atoms with Crippen LogP contribution >= 0.6 is 15.9 Å². The number of aliphatic carboxylic acids is 1. The Kier molecular flexibility index (Phi) is 5.82. The van der Waals surface area contributed by atoms with E-state index < -0.39 is 24.3 Å². The number of carbonyl (C=O) groups is 1. The fourth-order valence-electron chi connectivity index (χ4n) is 1.66. The average Bonchev–Trinajstić information content (AvgIpc) is 2.33. The van der Waals surface area contributed by atoms with Crippen LogP contribution in [0.15, 0.2) is 22.7 Å². The van der Waals surface area contributed by atoms with Gasteiger partial charge < -0.3 is 14.7 Å². The molecular weight excluding hydrogens is 343 g/mol. The monoisotopic (exact) mass is 355 g/mol. The van der Waals surface area contributed by atoms with Gasteiger partial charge in [0.05, 0.1) is 12.2 Å². The Bertz CT molecular complexity index is 480. The highest BCUT2D eigenvalue weighted by Gasteiger charge is 2.35. The van der Waals surface area contributed by atoms with Gasteiger partial charge in [0, 0.05) is 23.8 Å². The van der Waals surface area contributed by atoms with Gasteiger partial charge in [0.25, 0.3) is 0 Å². The normalized spacial score (nSPS) is 11.4. The Hall–Kier alpha value is -1.28. The summed E-state index contributed by atoms with van der Waals surface area (Å²) in [5.41, 5.74) is -1.07. The minimum Gasteiger partial charge on any atom is -0.480 e. The zero-order chi connectivity index (χ0) is 15.3. The number of methoxy groups -OCH3 is 1. The fraction of sp³-hybridized carbons (Fsp3) is 0.417. The van der Waals surface area contributed by atoms with Gasteiger partial charge in [-0.2, -0.15) is 13.2 Å². The van der Waals surface area contributed by atoms with Gasteiger partial charge in [-0.25, -0.2) is 0 Å². The Morgan fingerprint density at radius 2 is 2.10 bits per heavy atom. The molecule has 0 aromatic heterocycles. The zero-order valence-corrected chi connectivity index (χ0v) is 12.2. The van der Waals surface area contributed by atoms with Gasteiger partial charge in [-0.05, 0) is 18.2 Å². The number of anilines is 1. The number of alkyl halides is 3. The van der Waals surface area contributed by atoms with E-state index in [4.69, 9.17) is 9.84 Å². The van der Waals surface area contributed by atoms with Crippen molar-refractivity contribution in [1.29, 1.82) is 0 Å². The van der Waals surface area contributed by atoms with Crippen LogP contribution in [0.1, 0.15) is 5.56 Å². The summed E-state index contributed by atoms with van der Waals surface area (Å²) in [7, 11) is 1.39. The second kappa shape index (κ2) is 6.94. The van der Waals surface area contributed by atoms with Crippen molar-refractivity contribution < 1.29 is 27.8 Å². The van der Waals surface area contributed by atoms with Gasteiger partial charge in [0.2, 0.25) is 0 Å². The molecule has 0 aliphatic heterocycles. The number of carboxylic acid groups (broad SMARTS) is 1. The topological polar surface area (TPSA) is 49.8 Å². The van der Waals surface area contributed by atoms with Gasteiger partial charge in [-0.1, -0.05) is 15.9 Å². The van der Waals surface area contributed by atoms with Crippen LogP contribution in [-0.2, 0) is 15.7 Å². The van der Waals surface area contributed by atoms with Crippen LogP contribution < -0.4 is 4.90 Å². The largest absolute Gasteiger partial charge is 0.480 e. The van der Waals surface area contributed by atoms with E-state index in [1.807, 2.05) is 0 Å². The van der Waals surface area contributed by atoms with Crippen LogP contribution in [0.3, 0.4) is 0 Å². The highest BCUT2D eigenvalue weighted by atomic mass is 79.9. The van der Waals surface area contributed by atoms with Gasteiger partial charge in [0.15, 0.2) is 0 Å². The predicted molar refractivity (Wildman–Crippen MR) is 70.9 cm³/mol. The van der Waals surface area contributed by atoms with E-state index in [-0.39, 0.29) is 23.3 Å². The maximum Gasteiger partial charge on any atom is 0.418 e. The van der Waals surface area contributed by atoms with Crippen LogP contribution in [0.25, 0.3) is 0 Å². The van der Waals surface area contributed by atoms with E-state index in [2.05, 4.69) is 15.9 Å². The van der Waals surface area contributed by atoms with Crippen molar-refractivity contribution in [2.24, 2.45) is 0 Å². The smallest absolute Gasteiger partial charge is 0.418 e. The number of benzene rings is 1. The Balaban J connectivity index is 3.20. The van der Waals surface area contributed by atoms with Gasteiger partial charge in [0.1, 0.15) is 6.54 Å². The van der Waals surface area contributed by atoms with Gasteiger partial charge in [-0.15, -0.1) is 0 Å². The summed E-state index contributed by atoms with van der Waals surface area (Å²) in [6.45, 7) is -0.359. The number of hydrogen-bond acceptors (Lipinski definition) is 3. The van der Waals surface area contributed by atoms with E-state index in [1.54, 1.807) is 0 Å². The summed E-state index contributed by atoms with van der Waals surface area (Å²) in [5, 5.41) is 8.82. The lowest BCUT2D eigenvalue weighted by Crippen LogP contribution is -2.34. The summed E-state index contributed by atoms with van der Waals surface area (Å²) in [4.78, 5) is 11.9. The molecule has 0 saturated heterocycles. The molecule has 0 heterocycles. The van der Waals surface area contributed by atoms with Gasteiger partial charge >= 0.3 is 12.1 Å². The molecule has 0 unspecified atom stereocenters. The number of ether oxygens (including phenoxy) is 1. The van der Waals surface area contributed by atoms with E-state index in [0.29, 0.717) is 0 Å². The summed E-state index contributed by atoms with van der Waals surface area (Å²) in [6.07, 6.45) is -4.57. The molecule has 0 atom stereocenters. The van der Waals surface area contributed by atoms with Crippen molar-refractivity contribution in [3.63, 3.8) is 0 Å². The summed E-state index contributed by atoms with van der Waals surface area (Å²) in [6, 6.07) is 3.61. The molecule has 112 valence electrons. The second-order valence-corrected chi connectivity index (χ2v) is 4.88. The molecule has 20 heavy (non-hydrogen) atoms. The zero-order valence-electron chi connectivity index (χ0n) is 10.6. The van der Waals surface area contributed by atoms with Crippen LogP contribution in [0.5, 0.6) is 0 Å². The first-order valence-corrected chi connectivity index (χ1v) is 6.37. The van der Waals surface area contributed by atoms with E-state index in [1.165, 1.54) is 19.2 Å². The number of hydrogen-bond donors (Lipinski definition) is 1. The molecule has 8 heteroatoms. The Morgan fingerprint density at radius 1 is 1.45 bits per heavy atom. The molecule has 0 saturated carbocycles. The van der Waals surface area contributed by atoms with Gasteiger partial charge in [-0.3, -0.25) is 4.79 Å². The Morgan fingerprint density at radius 3 is 2.60 bits per heavy atom. The highest BCUT2D eigenvalue weighted by molar-refractivity contribution is 9.10. The van der Waals surface area contributed by atoms with Crippen LogP contribution in [-0.4, -0.2) is 37.9 Å². The van der Waals surface area contributed by atoms with Crippen molar-refractivity contribution in [1.82, 2.24) is 0 Å². The molecule has 1 aromatic carbocycles. The van der Waals surface area contributed by atoms with E-state index in [0.717, 1.165) is 11.0 Å². The molecular formula is C12H13BrF3NO3. The molecule has 0 bridgehead atoms. The number of halogens is 4. The van der Waals surface area contributed by atoms with Crippen molar-refractivity contribution in [2.45, 2.75) is 6.18 Å². The van der Waals surface area contributed by atoms with Crippen molar-refractivity contribution >= 4 is 27.6 Å². The maximum atomic E-state index is 13.0. The third kappa shape index (κ3) is 4.68. The molecule has 0 aliphatic rings. The van der Waals surface area contributed by atoms with Crippen LogP contribution in [0.2, 0.25) is 0 Å². The predicted octanol–water partition coefficient (Wildman–Crippen LogP) is 3.01. The molecule has 0 spiro atoms. The molecule has 0 aliphatic carbocycles. The minimum absolute atomic E-state index is 0.0491. The molecule has 1 N–H and O–H groups in total. The third-order valence-electron chi connectivity index (χ3n) is 2.50. The van der Waals surface area contributed by atoms with Crippen molar-refractivity contribution in [3.8, 4) is 0 Å². The first-order valence-electron chi connectivity index (χ1n) is 5.58. The standard InChI is InChI=1S/C12H13BrF3NO3/c1-20-5-4-17(7-11(18)19)10-3-2-8(13)6-9(10)12(14,15)16/h2-3,6H,4-5,7H2,1H3,(H,18,19). The molecule has 0 radical (unpaired) electrons. The lowest BCUT2D eigenvalue weighted by molar-refractivity contribution is -0.138. The SMILES string of the molecule is COCCN(CC(=O)O)c1ccc(Br)cc1C(F)(F)F. The molecule has 4 nitrogen and oxygen atoms in total. The Labute approximate surface area is 122 Å². The first kappa shape index (κ1) is 16.8. The van der Waals surface area contributed by atoms with Crippen LogP contribution in [0.4, 0.5) is 18.9 Å². The quantitative estimate of drug-likeness (QED) is 0.852. The summed E-state index contributed by atoms with van der Waals surface area (Å²) >= 11 is 2.98. The fourth-order valence-corrected chi connectivity index (χ4v) is 2.02. The van der Waals surface area contributed by atoms with E-state index >= 15 is 0 Å². The summed E-state index contributed by atoms with van der Waals surface area (Å²) < 4.78 is 44.1. The lowest BCUT2D eigenvalue weighted by atomic mass is 10.1. The van der Waals surface area contributed by atoms with E-state index in [9.17, 15) is 18.0 Å². The molecule has 1 rings (SSSR count). The first-order chi connectivity index (χ1) is 9.25. The highest BCUT2D eigenvalue weighted by Crippen LogP contribution is 2.38. The molecule has 0 amide bonds. The number of nitrogens with zero attached hydrogens (tertiary/aromatic N) is 1. The van der Waals surface area contributed by atoms with Crippen molar-refractivity contribution in [2.75, 3.05) is 31.7 Å². The van der Waals surface area contributed by atoms with Crippen molar-refractivity contribution in [3.05, 3.63) is 28.2 Å². The van der Waals surface area contributed by atoms with Crippen LogP contribution in [0, 0.1) is 0 Å². The molecule has 0 fully saturated rings. The average molecular weight is 356 g/mol. The minimum atomic E-state index is -4.57. The lowest BCUT2D eigenvalue weighted by Gasteiger charge is -2.26. The number of rotatable bonds is 6. The number of carboxylic acids is 1. The third-order valence-corrected chi connectivity index (χ3v) is 2.99.